The average Bonchev–Trinajstić information content (AvgIpc) is 2.90. The van der Waals surface area contributed by atoms with Crippen molar-refractivity contribution in [2.45, 2.75) is 20.5 Å². The Morgan fingerprint density at radius 3 is 2.14 bits per heavy atom. The summed E-state index contributed by atoms with van der Waals surface area (Å²) in [6.45, 7) is 4.43. The molecule has 0 spiro atoms. The molecule has 1 N–H and O–H groups in total. The van der Waals surface area contributed by atoms with Gasteiger partial charge in [-0.15, -0.1) is 0 Å². The molecule has 0 aliphatic rings. The molecule has 7 heteroatoms. The van der Waals surface area contributed by atoms with Gasteiger partial charge in [0.1, 0.15) is 18.1 Å². The summed E-state index contributed by atoms with van der Waals surface area (Å²) in [6, 6.07) is 27.2. The molecule has 186 valence electrons. The maximum Gasteiger partial charge on any atom is 0.343 e. The number of hydrazone groups is 1. The zero-order valence-electron chi connectivity index (χ0n) is 20.4. The van der Waals surface area contributed by atoms with Crippen LogP contribution in [0.1, 0.15) is 43.0 Å². The number of carbonyl (C=O) groups is 2. The number of rotatable bonds is 8. The summed E-state index contributed by atoms with van der Waals surface area (Å²) in [6.07, 6.45) is 1.43. The van der Waals surface area contributed by atoms with Crippen molar-refractivity contribution < 1.29 is 19.1 Å². The Hall–Kier alpha value is -4.23. The fraction of sp³-hybridized carbons (Fsp3) is 0.100. The van der Waals surface area contributed by atoms with Crippen LogP contribution in [-0.4, -0.2) is 18.1 Å². The van der Waals surface area contributed by atoms with Crippen LogP contribution in [0.2, 0.25) is 0 Å². The van der Waals surface area contributed by atoms with E-state index in [1.165, 1.54) is 11.8 Å². The van der Waals surface area contributed by atoms with Crippen LogP contribution in [0.3, 0.4) is 0 Å². The highest BCUT2D eigenvalue weighted by molar-refractivity contribution is 9.10. The number of benzene rings is 4. The van der Waals surface area contributed by atoms with Crippen molar-refractivity contribution in [3.05, 3.63) is 129 Å². The van der Waals surface area contributed by atoms with Gasteiger partial charge in [-0.1, -0.05) is 63.5 Å². The second-order valence-corrected chi connectivity index (χ2v) is 9.35. The van der Waals surface area contributed by atoms with Gasteiger partial charge in [0.15, 0.2) is 0 Å². The molecule has 0 heterocycles. The smallest absolute Gasteiger partial charge is 0.343 e. The van der Waals surface area contributed by atoms with E-state index in [2.05, 4.69) is 26.5 Å². The van der Waals surface area contributed by atoms with Crippen molar-refractivity contribution in [1.29, 1.82) is 0 Å². The summed E-state index contributed by atoms with van der Waals surface area (Å²) in [5, 5.41) is 4.05. The first-order valence-corrected chi connectivity index (χ1v) is 12.4. The van der Waals surface area contributed by atoms with E-state index in [1.807, 2.05) is 50.2 Å². The van der Waals surface area contributed by atoms with Gasteiger partial charge in [0, 0.05) is 15.6 Å². The van der Waals surface area contributed by atoms with Gasteiger partial charge in [0.25, 0.3) is 5.91 Å². The lowest BCUT2D eigenvalue weighted by Crippen LogP contribution is -2.17. The molecule has 4 rings (SSSR count). The van der Waals surface area contributed by atoms with Crippen LogP contribution in [0.15, 0.2) is 101 Å². The molecule has 4 aromatic rings. The van der Waals surface area contributed by atoms with Crippen molar-refractivity contribution in [1.82, 2.24) is 5.43 Å². The molecule has 1 amide bonds. The molecule has 0 bridgehead atoms. The van der Waals surface area contributed by atoms with E-state index in [-0.39, 0.29) is 5.91 Å². The van der Waals surface area contributed by atoms with Crippen molar-refractivity contribution in [2.24, 2.45) is 5.10 Å². The van der Waals surface area contributed by atoms with Gasteiger partial charge in [-0.25, -0.2) is 10.2 Å². The summed E-state index contributed by atoms with van der Waals surface area (Å²) in [5.41, 5.74) is 7.21. The van der Waals surface area contributed by atoms with Crippen molar-refractivity contribution in [3.8, 4) is 11.5 Å². The van der Waals surface area contributed by atoms with Crippen LogP contribution in [0.5, 0.6) is 11.5 Å². The van der Waals surface area contributed by atoms with Crippen LogP contribution in [-0.2, 0) is 6.61 Å². The van der Waals surface area contributed by atoms with Gasteiger partial charge < -0.3 is 9.47 Å². The van der Waals surface area contributed by atoms with Gasteiger partial charge in [0.2, 0.25) is 0 Å². The Bertz CT molecular complexity index is 1410. The number of carbonyl (C=O) groups excluding carboxylic acids is 2. The number of ether oxygens (including phenoxy) is 2. The summed E-state index contributed by atoms with van der Waals surface area (Å²) in [5.74, 6) is 0.122. The predicted octanol–water partition coefficient (Wildman–Crippen LogP) is 6.63. The fourth-order valence-corrected chi connectivity index (χ4v) is 3.72. The van der Waals surface area contributed by atoms with Crippen molar-refractivity contribution in [2.75, 3.05) is 0 Å². The predicted molar refractivity (Wildman–Crippen MR) is 147 cm³/mol. The van der Waals surface area contributed by atoms with E-state index in [1.54, 1.807) is 54.6 Å². The largest absolute Gasteiger partial charge is 0.489 e. The number of nitrogens with zero attached hydrogens (tertiary/aromatic N) is 1. The maximum absolute atomic E-state index is 12.5. The molecule has 0 saturated carbocycles. The highest BCUT2D eigenvalue weighted by atomic mass is 79.9. The molecule has 0 radical (unpaired) electrons. The number of amides is 1. The van der Waals surface area contributed by atoms with E-state index in [0.29, 0.717) is 34.8 Å². The molecule has 0 aromatic heterocycles. The van der Waals surface area contributed by atoms with Gasteiger partial charge >= 0.3 is 5.97 Å². The molecule has 37 heavy (non-hydrogen) atoms. The number of nitrogens with one attached hydrogen (secondary N) is 1. The minimum absolute atomic E-state index is 0.321. The Kier molecular flexibility index (Phi) is 8.48. The number of aryl methyl sites for hydroxylation is 2. The van der Waals surface area contributed by atoms with E-state index in [0.717, 1.165) is 15.6 Å². The lowest BCUT2D eigenvalue weighted by molar-refractivity contribution is 0.0734. The third-order valence-electron chi connectivity index (χ3n) is 5.47. The SMILES string of the molecule is Cc1ccc(COc2ccc(C(=O)N/N=C/c3cc(Br)ccc3OC(=O)c3ccc(C)cc3)cc2)cc1. The summed E-state index contributed by atoms with van der Waals surface area (Å²) in [7, 11) is 0. The van der Waals surface area contributed by atoms with Crippen LogP contribution < -0.4 is 14.9 Å². The maximum atomic E-state index is 12.5. The molecule has 0 fully saturated rings. The van der Waals surface area contributed by atoms with Crippen LogP contribution in [0.4, 0.5) is 0 Å². The second kappa shape index (κ2) is 12.1. The molecule has 0 unspecified atom stereocenters. The molecule has 0 aliphatic carbocycles. The normalized spacial score (nSPS) is 10.8. The monoisotopic (exact) mass is 556 g/mol. The number of esters is 1. The summed E-state index contributed by atoms with van der Waals surface area (Å²) >= 11 is 3.41. The van der Waals surface area contributed by atoms with E-state index < -0.39 is 5.97 Å². The highest BCUT2D eigenvalue weighted by Crippen LogP contribution is 2.23. The standard InChI is InChI=1S/C30H25BrN2O4/c1-20-3-7-22(8-4-20)19-36-27-14-11-23(12-15-27)29(34)33-32-18-25-17-26(31)13-16-28(25)37-30(35)24-9-5-21(2)6-10-24/h3-18H,19H2,1-2H3,(H,33,34)/b32-18+. The van der Waals surface area contributed by atoms with Crippen molar-refractivity contribution in [3.63, 3.8) is 0 Å². The zero-order chi connectivity index (χ0) is 26.2. The Labute approximate surface area is 224 Å². The molecule has 0 atom stereocenters. The Balaban J connectivity index is 1.36. The fourth-order valence-electron chi connectivity index (χ4n) is 3.34. The van der Waals surface area contributed by atoms with Crippen LogP contribution >= 0.6 is 15.9 Å². The topological polar surface area (TPSA) is 77.0 Å². The summed E-state index contributed by atoms with van der Waals surface area (Å²) in [4.78, 5) is 25.1. The second-order valence-electron chi connectivity index (χ2n) is 8.44. The van der Waals surface area contributed by atoms with Crippen LogP contribution in [0, 0.1) is 13.8 Å². The van der Waals surface area contributed by atoms with Crippen molar-refractivity contribution >= 4 is 34.0 Å². The highest BCUT2D eigenvalue weighted by Gasteiger charge is 2.12. The third-order valence-corrected chi connectivity index (χ3v) is 5.97. The minimum Gasteiger partial charge on any atom is -0.489 e. The molecular formula is C30H25BrN2O4. The first kappa shape index (κ1) is 25.9. The third kappa shape index (κ3) is 7.38. The Morgan fingerprint density at radius 1 is 0.838 bits per heavy atom. The first-order valence-electron chi connectivity index (χ1n) is 11.6. The molecule has 6 nitrogen and oxygen atoms in total. The Morgan fingerprint density at radius 2 is 1.46 bits per heavy atom. The van der Waals surface area contributed by atoms with Gasteiger partial charge in [-0.3, -0.25) is 4.79 Å². The average molecular weight is 557 g/mol. The molecule has 0 saturated heterocycles. The summed E-state index contributed by atoms with van der Waals surface area (Å²) < 4.78 is 12.1. The van der Waals surface area contributed by atoms with Gasteiger partial charge in [0.05, 0.1) is 11.8 Å². The zero-order valence-corrected chi connectivity index (χ0v) is 22.0. The van der Waals surface area contributed by atoms with E-state index in [9.17, 15) is 9.59 Å². The minimum atomic E-state index is -0.481. The molecule has 0 aliphatic heterocycles. The quantitative estimate of drug-likeness (QED) is 0.114. The lowest BCUT2D eigenvalue weighted by atomic mass is 10.1. The van der Waals surface area contributed by atoms with Crippen LogP contribution in [0.25, 0.3) is 0 Å². The molecular weight excluding hydrogens is 532 g/mol. The van der Waals surface area contributed by atoms with E-state index in [4.69, 9.17) is 9.47 Å². The van der Waals surface area contributed by atoms with E-state index >= 15 is 0 Å². The van der Waals surface area contributed by atoms with Gasteiger partial charge in [-0.2, -0.15) is 5.10 Å². The van der Waals surface area contributed by atoms with Gasteiger partial charge in [-0.05, 0) is 74.0 Å². The lowest BCUT2D eigenvalue weighted by Gasteiger charge is -2.09. The molecule has 4 aromatic carbocycles. The first-order chi connectivity index (χ1) is 17.9. The number of hydrogen-bond donors (Lipinski definition) is 1. The number of hydrogen-bond acceptors (Lipinski definition) is 5. The number of halogens is 1.